The Bertz CT molecular complexity index is 841. The van der Waals surface area contributed by atoms with Crippen molar-refractivity contribution in [2.45, 2.75) is 66.6 Å². The summed E-state index contributed by atoms with van der Waals surface area (Å²) in [5.74, 6) is 0.283. The zero-order chi connectivity index (χ0) is 22.3. The molecule has 2 atom stereocenters. The predicted octanol–water partition coefficient (Wildman–Crippen LogP) is 4.32. The normalized spacial score (nSPS) is 12.7. The Balaban J connectivity index is 2.16. The minimum Gasteiger partial charge on any atom is -0.484 e. The van der Waals surface area contributed by atoms with Crippen molar-refractivity contribution in [3.63, 3.8) is 0 Å². The van der Waals surface area contributed by atoms with Gasteiger partial charge in [0, 0.05) is 12.6 Å². The maximum Gasteiger partial charge on any atom is 0.261 e. The molecule has 2 aromatic rings. The number of carbonyl (C=O) groups is 2. The van der Waals surface area contributed by atoms with Crippen LogP contribution in [-0.4, -0.2) is 35.4 Å². The van der Waals surface area contributed by atoms with Gasteiger partial charge >= 0.3 is 0 Å². The van der Waals surface area contributed by atoms with Crippen LogP contribution >= 0.6 is 0 Å². The number of ether oxygens (including phenoxy) is 1. The topological polar surface area (TPSA) is 58.6 Å². The van der Waals surface area contributed by atoms with Crippen LogP contribution in [0.4, 0.5) is 0 Å². The van der Waals surface area contributed by atoms with Gasteiger partial charge in [-0.25, -0.2) is 0 Å². The Hall–Kier alpha value is -2.82. The van der Waals surface area contributed by atoms with E-state index in [-0.39, 0.29) is 24.5 Å². The van der Waals surface area contributed by atoms with Gasteiger partial charge in [-0.15, -0.1) is 0 Å². The largest absolute Gasteiger partial charge is 0.484 e. The molecule has 5 nitrogen and oxygen atoms in total. The molecule has 2 rings (SSSR count). The zero-order valence-corrected chi connectivity index (χ0v) is 19.0. The first-order chi connectivity index (χ1) is 14.2. The van der Waals surface area contributed by atoms with Crippen molar-refractivity contribution < 1.29 is 14.3 Å². The van der Waals surface area contributed by atoms with Crippen molar-refractivity contribution in [2.24, 2.45) is 0 Å². The lowest BCUT2D eigenvalue weighted by Gasteiger charge is -2.29. The molecule has 0 unspecified atom stereocenters. The molecule has 0 saturated heterocycles. The van der Waals surface area contributed by atoms with Crippen molar-refractivity contribution >= 4 is 11.8 Å². The molecule has 5 heteroatoms. The first kappa shape index (κ1) is 23.5. The Morgan fingerprint density at radius 3 is 2.13 bits per heavy atom. The third kappa shape index (κ3) is 6.90. The molecule has 1 N–H and O–H groups in total. The number of benzene rings is 2. The highest BCUT2D eigenvalue weighted by Crippen LogP contribution is 2.17. The summed E-state index contributed by atoms with van der Waals surface area (Å²) >= 11 is 0. The van der Waals surface area contributed by atoms with E-state index in [4.69, 9.17) is 4.74 Å². The molecule has 0 aliphatic rings. The molecule has 0 radical (unpaired) electrons. The summed E-state index contributed by atoms with van der Waals surface area (Å²) < 4.78 is 5.78. The molecule has 0 aliphatic heterocycles. The smallest absolute Gasteiger partial charge is 0.261 e. The van der Waals surface area contributed by atoms with Gasteiger partial charge in [-0.05, 0) is 69.9 Å². The lowest BCUT2D eigenvalue weighted by molar-refractivity contribution is -0.142. The monoisotopic (exact) mass is 410 g/mol. The van der Waals surface area contributed by atoms with E-state index >= 15 is 0 Å². The van der Waals surface area contributed by atoms with Crippen LogP contribution in [0.15, 0.2) is 42.5 Å². The molecule has 0 spiro atoms. The van der Waals surface area contributed by atoms with Crippen LogP contribution in [0.2, 0.25) is 0 Å². The van der Waals surface area contributed by atoms with Crippen LogP contribution in [0.25, 0.3) is 0 Å². The van der Waals surface area contributed by atoms with Crippen LogP contribution in [0.1, 0.15) is 49.4 Å². The zero-order valence-electron chi connectivity index (χ0n) is 19.0. The van der Waals surface area contributed by atoms with Crippen LogP contribution < -0.4 is 10.1 Å². The van der Waals surface area contributed by atoms with E-state index < -0.39 is 6.04 Å². The summed E-state index contributed by atoms with van der Waals surface area (Å²) in [5.41, 5.74) is 4.28. The fourth-order valence-corrected chi connectivity index (χ4v) is 3.18. The van der Waals surface area contributed by atoms with E-state index in [1.807, 2.05) is 71.0 Å². The number of nitrogens with zero attached hydrogens (tertiary/aromatic N) is 1. The van der Waals surface area contributed by atoms with E-state index in [0.717, 1.165) is 28.7 Å². The minimum atomic E-state index is -0.601. The average Bonchev–Trinajstić information content (AvgIpc) is 2.70. The molecule has 0 bridgehead atoms. The van der Waals surface area contributed by atoms with Gasteiger partial charge in [0.15, 0.2) is 6.61 Å². The van der Waals surface area contributed by atoms with Gasteiger partial charge in [0.2, 0.25) is 5.91 Å². The van der Waals surface area contributed by atoms with Crippen LogP contribution in [0.3, 0.4) is 0 Å². The SMILES string of the molecule is CC[C@H](C)NC(=O)[C@H](C)N(Cc1ccc(C)cc1)C(=O)COc1cc(C)cc(C)c1. The molecule has 2 amide bonds. The van der Waals surface area contributed by atoms with Crippen molar-refractivity contribution in [2.75, 3.05) is 6.61 Å². The molecular weight excluding hydrogens is 376 g/mol. The van der Waals surface area contributed by atoms with Crippen molar-refractivity contribution in [1.29, 1.82) is 0 Å². The van der Waals surface area contributed by atoms with E-state index in [9.17, 15) is 9.59 Å². The maximum atomic E-state index is 13.1. The number of rotatable bonds is 9. The lowest BCUT2D eigenvalue weighted by Crippen LogP contribution is -2.50. The van der Waals surface area contributed by atoms with E-state index in [0.29, 0.717) is 12.3 Å². The fraction of sp³-hybridized carbons (Fsp3) is 0.440. The summed E-state index contributed by atoms with van der Waals surface area (Å²) in [7, 11) is 0. The predicted molar refractivity (Wildman–Crippen MR) is 120 cm³/mol. The van der Waals surface area contributed by atoms with Crippen LogP contribution in [0, 0.1) is 20.8 Å². The highest BCUT2D eigenvalue weighted by atomic mass is 16.5. The number of hydrogen-bond donors (Lipinski definition) is 1. The third-order valence-corrected chi connectivity index (χ3v) is 5.20. The summed E-state index contributed by atoms with van der Waals surface area (Å²) in [4.78, 5) is 27.4. The number of amides is 2. The third-order valence-electron chi connectivity index (χ3n) is 5.20. The van der Waals surface area contributed by atoms with Crippen LogP contribution in [-0.2, 0) is 16.1 Å². The molecule has 0 aliphatic carbocycles. The molecule has 0 saturated carbocycles. The minimum absolute atomic E-state index is 0.0581. The molecule has 30 heavy (non-hydrogen) atoms. The van der Waals surface area contributed by atoms with Gasteiger partial charge in [-0.1, -0.05) is 42.8 Å². The Morgan fingerprint density at radius 2 is 1.57 bits per heavy atom. The second-order valence-electron chi connectivity index (χ2n) is 8.11. The Morgan fingerprint density at radius 1 is 0.967 bits per heavy atom. The Kier molecular flexibility index (Phi) is 8.46. The summed E-state index contributed by atoms with van der Waals surface area (Å²) in [6.07, 6.45) is 0.834. The van der Waals surface area contributed by atoms with Crippen molar-refractivity contribution in [3.8, 4) is 5.75 Å². The molecule has 0 fully saturated rings. The molecule has 2 aromatic carbocycles. The van der Waals surface area contributed by atoms with E-state index in [1.54, 1.807) is 11.8 Å². The van der Waals surface area contributed by atoms with Gasteiger partial charge in [0.25, 0.3) is 5.91 Å². The maximum absolute atomic E-state index is 13.1. The number of carbonyl (C=O) groups excluding carboxylic acids is 2. The number of nitrogens with one attached hydrogen (secondary N) is 1. The molecule has 0 aromatic heterocycles. The quantitative estimate of drug-likeness (QED) is 0.670. The molecule has 0 heterocycles. The standard InChI is InChI=1S/C25H34N2O3/c1-7-20(5)26-25(29)21(6)27(15-22-10-8-17(2)9-11-22)24(28)16-30-23-13-18(3)12-19(4)14-23/h8-14,20-21H,7,15-16H2,1-6H3,(H,26,29)/t20-,21-/m0/s1. The first-order valence-electron chi connectivity index (χ1n) is 10.6. The van der Waals surface area contributed by atoms with Crippen molar-refractivity contribution in [3.05, 3.63) is 64.7 Å². The lowest BCUT2D eigenvalue weighted by atomic mass is 10.1. The molecule has 162 valence electrons. The van der Waals surface area contributed by atoms with Crippen molar-refractivity contribution in [1.82, 2.24) is 10.2 Å². The van der Waals surface area contributed by atoms with E-state index in [2.05, 4.69) is 11.4 Å². The Labute approximate surface area is 180 Å². The van der Waals surface area contributed by atoms with Crippen LogP contribution in [0.5, 0.6) is 5.75 Å². The van der Waals surface area contributed by atoms with Gasteiger partial charge in [0.05, 0.1) is 0 Å². The van der Waals surface area contributed by atoms with Gasteiger partial charge in [-0.2, -0.15) is 0 Å². The number of aryl methyl sites for hydroxylation is 3. The van der Waals surface area contributed by atoms with Gasteiger partial charge in [-0.3, -0.25) is 9.59 Å². The number of hydrogen-bond acceptors (Lipinski definition) is 3. The summed E-state index contributed by atoms with van der Waals surface area (Å²) in [6, 6.07) is 13.3. The first-order valence-corrected chi connectivity index (χ1v) is 10.6. The molecular formula is C25H34N2O3. The average molecular weight is 411 g/mol. The second-order valence-corrected chi connectivity index (χ2v) is 8.11. The highest BCUT2D eigenvalue weighted by Gasteiger charge is 2.27. The fourth-order valence-electron chi connectivity index (χ4n) is 3.18. The van der Waals surface area contributed by atoms with Gasteiger partial charge < -0.3 is 15.0 Å². The van der Waals surface area contributed by atoms with Gasteiger partial charge in [0.1, 0.15) is 11.8 Å². The second kappa shape index (κ2) is 10.8. The summed E-state index contributed by atoms with van der Waals surface area (Å²) in [5, 5.41) is 2.97. The van der Waals surface area contributed by atoms with E-state index in [1.165, 1.54) is 0 Å². The highest BCUT2D eigenvalue weighted by molar-refractivity contribution is 5.88. The summed E-state index contributed by atoms with van der Waals surface area (Å²) in [6.45, 7) is 12.0.